The van der Waals surface area contributed by atoms with Crippen LogP contribution in [0.25, 0.3) is 11.3 Å². The first-order valence-corrected chi connectivity index (χ1v) is 5.92. The van der Waals surface area contributed by atoms with E-state index >= 15 is 0 Å². The second-order valence-electron chi connectivity index (χ2n) is 3.66. The van der Waals surface area contributed by atoms with E-state index in [2.05, 4.69) is 22.7 Å². The highest BCUT2D eigenvalue weighted by Gasteiger charge is 2.03. The Balaban J connectivity index is 2.11. The second-order valence-corrected chi connectivity index (χ2v) is 4.10. The third-order valence-electron chi connectivity index (χ3n) is 2.37. The molecule has 0 amide bonds. The number of hydrogen-bond donors (Lipinski definition) is 2. The van der Waals surface area contributed by atoms with E-state index in [0.29, 0.717) is 5.76 Å². The monoisotopic (exact) mass is 275 g/mol. The number of ether oxygens (including phenoxy) is 1. The number of hydrogen-bond acceptors (Lipinski definition) is 4. The van der Waals surface area contributed by atoms with Crippen molar-refractivity contribution in [2.45, 2.75) is 0 Å². The first-order valence-electron chi connectivity index (χ1n) is 5.52. The maximum Gasteiger partial charge on any atom is 0.184 e. The van der Waals surface area contributed by atoms with Crippen LogP contribution < -0.4 is 15.9 Å². The van der Waals surface area contributed by atoms with Crippen LogP contribution in [-0.4, -0.2) is 18.4 Å². The topological polar surface area (TPSA) is 72.8 Å². The highest BCUT2D eigenvalue weighted by atomic mass is 32.1. The average Bonchev–Trinajstić information content (AvgIpc) is 2.87. The lowest BCUT2D eigenvalue weighted by atomic mass is 10.2. The van der Waals surface area contributed by atoms with Gasteiger partial charge in [0.2, 0.25) is 0 Å². The Bertz CT molecular complexity index is 590. The lowest BCUT2D eigenvalue weighted by Crippen LogP contribution is -2.23. The SMILES string of the molecule is COc1ccc(-c2ccc(C=NNC(N)=S)o2)cc1. The molecule has 2 aromatic rings. The van der Waals surface area contributed by atoms with Crippen LogP contribution >= 0.6 is 12.2 Å². The zero-order valence-electron chi connectivity index (χ0n) is 10.3. The number of hydrazone groups is 1. The summed E-state index contributed by atoms with van der Waals surface area (Å²) < 4.78 is 10.7. The van der Waals surface area contributed by atoms with Gasteiger partial charge >= 0.3 is 0 Å². The Morgan fingerprint density at radius 2 is 2.05 bits per heavy atom. The van der Waals surface area contributed by atoms with Gasteiger partial charge in [0.05, 0.1) is 13.3 Å². The van der Waals surface area contributed by atoms with Gasteiger partial charge in [0.25, 0.3) is 0 Å². The van der Waals surface area contributed by atoms with Crippen molar-refractivity contribution in [1.82, 2.24) is 5.43 Å². The molecule has 0 atom stereocenters. The van der Waals surface area contributed by atoms with Crippen molar-refractivity contribution < 1.29 is 9.15 Å². The minimum absolute atomic E-state index is 0.109. The van der Waals surface area contributed by atoms with E-state index in [4.69, 9.17) is 14.9 Å². The molecule has 0 radical (unpaired) electrons. The summed E-state index contributed by atoms with van der Waals surface area (Å²) in [5.41, 5.74) is 8.67. The molecule has 0 saturated carbocycles. The van der Waals surface area contributed by atoms with Gasteiger partial charge in [-0.2, -0.15) is 5.10 Å². The molecular formula is C13H13N3O2S. The molecule has 0 spiro atoms. The summed E-state index contributed by atoms with van der Waals surface area (Å²) in [4.78, 5) is 0. The summed E-state index contributed by atoms with van der Waals surface area (Å²) in [5.74, 6) is 2.16. The molecule has 1 heterocycles. The fourth-order valence-corrected chi connectivity index (χ4v) is 1.54. The maximum absolute atomic E-state index is 5.61. The number of nitrogens with two attached hydrogens (primary N) is 1. The number of methoxy groups -OCH3 is 1. The predicted octanol–water partition coefficient (Wildman–Crippen LogP) is 2.12. The quantitative estimate of drug-likeness (QED) is 0.508. The first-order chi connectivity index (χ1) is 9.19. The average molecular weight is 275 g/mol. The number of nitrogens with one attached hydrogen (secondary N) is 1. The molecule has 5 nitrogen and oxygen atoms in total. The Kier molecular flexibility index (Phi) is 4.15. The van der Waals surface area contributed by atoms with Crippen LogP contribution in [0.3, 0.4) is 0 Å². The van der Waals surface area contributed by atoms with E-state index in [1.165, 1.54) is 6.21 Å². The molecule has 0 aliphatic heterocycles. The zero-order valence-corrected chi connectivity index (χ0v) is 11.1. The number of benzene rings is 1. The summed E-state index contributed by atoms with van der Waals surface area (Å²) in [6.07, 6.45) is 1.51. The molecule has 0 aliphatic carbocycles. The van der Waals surface area contributed by atoms with E-state index in [9.17, 15) is 0 Å². The van der Waals surface area contributed by atoms with Gasteiger partial charge in [0.15, 0.2) is 5.11 Å². The van der Waals surface area contributed by atoms with Crippen molar-refractivity contribution in [2.75, 3.05) is 7.11 Å². The van der Waals surface area contributed by atoms with Crippen molar-refractivity contribution >= 4 is 23.5 Å². The molecule has 1 aromatic heterocycles. The summed E-state index contributed by atoms with van der Waals surface area (Å²) in [6.45, 7) is 0. The van der Waals surface area contributed by atoms with Crippen molar-refractivity contribution in [1.29, 1.82) is 0 Å². The van der Waals surface area contributed by atoms with Crippen molar-refractivity contribution in [3.05, 3.63) is 42.2 Å². The predicted molar refractivity (Wildman–Crippen MR) is 78.2 cm³/mol. The van der Waals surface area contributed by atoms with Crippen LogP contribution in [0.4, 0.5) is 0 Å². The highest BCUT2D eigenvalue weighted by Crippen LogP contribution is 2.23. The van der Waals surface area contributed by atoms with E-state index in [-0.39, 0.29) is 5.11 Å². The maximum atomic E-state index is 5.61. The molecule has 0 saturated heterocycles. The Hall–Kier alpha value is -2.34. The van der Waals surface area contributed by atoms with Gasteiger partial charge in [-0.25, -0.2) is 0 Å². The number of furan rings is 1. The van der Waals surface area contributed by atoms with Gasteiger partial charge in [-0.1, -0.05) is 0 Å². The van der Waals surface area contributed by atoms with Crippen molar-refractivity contribution in [3.8, 4) is 17.1 Å². The van der Waals surface area contributed by atoms with Gasteiger partial charge in [-0.3, -0.25) is 5.43 Å². The lowest BCUT2D eigenvalue weighted by Gasteiger charge is -2.00. The molecule has 0 fully saturated rings. The molecule has 1 aromatic carbocycles. The van der Waals surface area contributed by atoms with Crippen LogP contribution in [0.15, 0.2) is 45.9 Å². The zero-order chi connectivity index (χ0) is 13.7. The van der Waals surface area contributed by atoms with Crippen LogP contribution in [0.1, 0.15) is 5.76 Å². The fraction of sp³-hybridized carbons (Fsp3) is 0.0769. The second kappa shape index (κ2) is 6.01. The van der Waals surface area contributed by atoms with E-state index in [0.717, 1.165) is 17.1 Å². The number of thiocarbonyl (C=S) groups is 1. The van der Waals surface area contributed by atoms with Crippen LogP contribution in [0.5, 0.6) is 5.75 Å². The van der Waals surface area contributed by atoms with Crippen molar-refractivity contribution in [2.24, 2.45) is 10.8 Å². The smallest absolute Gasteiger partial charge is 0.184 e. The Morgan fingerprint density at radius 3 is 2.68 bits per heavy atom. The van der Waals surface area contributed by atoms with Crippen LogP contribution in [0.2, 0.25) is 0 Å². The van der Waals surface area contributed by atoms with E-state index in [1.54, 1.807) is 7.11 Å². The van der Waals surface area contributed by atoms with Crippen LogP contribution in [0, 0.1) is 0 Å². The van der Waals surface area contributed by atoms with Gasteiger partial charge in [-0.05, 0) is 48.6 Å². The molecule has 6 heteroatoms. The lowest BCUT2D eigenvalue weighted by molar-refractivity contribution is 0.415. The minimum Gasteiger partial charge on any atom is -0.497 e. The molecular weight excluding hydrogens is 262 g/mol. The number of nitrogens with zero attached hydrogens (tertiary/aromatic N) is 1. The van der Waals surface area contributed by atoms with E-state index < -0.39 is 0 Å². The summed E-state index contributed by atoms with van der Waals surface area (Å²) in [7, 11) is 1.63. The third-order valence-corrected chi connectivity index (χ3v) is 2.46. The van der Waals surface area contributed by atoms with Gasteiger partial charge in [0.1, 0.15) is 17.3 Å². The van der Waals surface area contributed by atoms with Gasteiger partial charge < -0.3 is 14.9 Å². The van der Waals surface area contributed by atoms with Crippen LogP contribution in [-0.2, 0) is 0 Å². The van der Waals surface area contributed by atoms with Crippen molar-refractivity contribution in [3.63, 3.8) is 0 Å². The molecule has 2 rings (SSSR count). The standard InChI is InChI=1S/C13H13N3O2S/c1-17-10-4-2-9(3-5-10)12-7-6-11(18-12)8-15-16-13(14)19/h2-8H,1H3,(H3,14,16,19). The van der Waals surface area contributed by atoms with E-state index in [1.807, 2.05) is 36.4 Å². The third kappa shape index (κ3) is 3.56. The largest absolute Gasteiger partial charge is 0.497 e. The Labute approximate surface area is 116 Å². The highest BCUT2D eigenvalue weighted by molar-refractivity contribution is 7.80. The Morgan fingerprint density at radius 1 is 1.32 bits per heavy atom. The molecule has 0 bridgehead atoms. The molecule has 98 valence electrons. The normalized spacial score (nSPS) is 10.6. The molecule has 0 aliphatic rings. The summed E-state index contributed by atoms with van der Waals surface area (Å²) >= 11 is 4.63. The number of rotatable bonds is 4. The minimum atomic E-state index is 0.109. The fourth-order valence-electron chi connectivity index (χ4n) is 1.49. The van der Waals surface area contributed by atoms with Gasteiger partial charge in [0, 0.05) is 5.56 Å². The summed E-state index contributed by atoms with van der Waals surface area (Å²) in [5, 5.41) is 3.93. The molecule has 0 unspecified atom stereocenters. The molecule has 3 N–H and O–H groups in total. The first kappa shape index (κ1) is 13.1. The summed E-state index contributed by atoms with van der Waals surface area (Å²) in [6, 6.07) is 11.3. The van der Waals surface area contributed by atoms with Gasteiger partial charge in [-0.15, -0.1) is 0 Å². The molecule has 19 heavy (non-hydrogen) atoms.